The molecule has 3 heterocycles. The zero-order valence-electron chi connectivity index (χ0n) is 13.5. The van der Waals surface area contributed by atoms with E-state index in [4.69, 9.17) is 8.83 Å². The summed E-state index contributed by atoms with van der Waals surface area (Å²) in [6.45, 7) is 0. The molecule has 0 unspecified atom stereocenters. The van der Waals surface area contributed by atoms with Gasteiger partial charge in [-0.25, -0.2) is 4.98 Å². The van der Waals surface area contributed by atoms with Crippen molar-refractivity contribution in [3.8, 4) is 0 Å². The summed E-state index contributed by atoms with van der Waals surface area (Å²) in [4.78, 5) is 27.3. The second-order valence-electron chi connectivity index (χ2n) is 5.24. The lowest BCUT2D eigenvalue weighted by Gasteiger charge is -2.11. The number of hydrogen-bond donors (Lipinski definition) is 0. The minimum absolute atomic E-state index is 0.224. The van der Waals surface area contributed by atoms with Crippen molar-refractivity contribution in [1.29, 1.82) is 0 Å². The predicted octanol–water partition coefficient (Wildman–Crippen LogP) is 4.07. The summed E-state index contributed by atoms with van der Waals surface area (Å²) in [7, 11) is 0. The van der Waals surface area contributed by atoms with E-state index in [0.717, 1.165) is 15.8 Å². The molecule has 0 fully saturated rings. The van der Waals surface area contributed by atoms with E-state index in [2.05, 4.69) is 10.1 Å². The van der Waals surface area contributed by atoms with Crippen LogP contribution in [0.15, 0.2) is 68.7 Å². The molecule has 134 valence electrons. The highest BCUT2D eigenvalue weighted by molar-refractivity contribution is 7.22. The lowest BCUT2D eigenvalue weighted by atomic mass is 10.3. The summed E-state index contributed by atoms with van der Waals surface area (Å²) in [5.41, 5.74) is 0.703. The van der Waals surface area contributed by atoms with Gasteiger partial charge in [-0.1, -0.05) is 23.5 Å². The van der Waals surface area contributed by atoms with E-state index in [1.165, 1.54) is 29.9 Å². The van der Waals surface area contributed by atoms with Crippen molar-refractivity contribution in [3.05, 3.63) is 76.4 Å². The Bertz CT molecular complexity index is 1110. The van der Waals surface area contributed by atoms with Crippen LogP contribution in [0.1, 0.15) is 16.3 Å². The number of para-hydroxylation sites is 1. The SMILES string of the molecule is O=C(c1ccc([N+](=O)[O-])o1)N(/N=C/c1ccco1)c1nc2ccccc2s1. The second kappa shape index (κ2) is 6.84. The number of carbonyl (C=O) groups is 1. The summed E-state index contributed by atoms with van der Waals surface area (Å²) in [6, 6.07) is 13.1. The first-order valence-corrected chi connectivity index (χ1v) is 8.45. The first kappa shape index (κ1) is 16.7. The molecule has 0 bridgehead atoms. The van der Waals surface area contributed by atoms with E-state index >= 15 is 0 Å². The number of furan rings is 2. The zero-order chi connectivity index (χ0) is 18.8. The molecule has 10 heteroatoms. The van der Waals surface area contributed by atoms with Crippen LogP contribution in [0.25, 0.3) is 10.2 Å². The third kappa shape index (κ3) is 3.33. The van der Waals surface area contributed by atoms with Crippen LogP contribution in [0.4, 0.5) is 11.0 Å². The molecule has 3 aromatic heterocycles. The number of rotatable bonds is 5. The van der Waals surface area contributed by atoms with Gasteiger partial charge in [-0.3, -0.25) is 14.9 Å². The van der Waals surface area contributed by atoms with Gasteiger partial charge in [-0.05, 0) is 30.3 Å². The number of nitro groups is 1. The third-order valence-electron chi connectivity index (χ3n) is 3.48. The van der Waals surface area contributed by atoms with Gasteiger partial charge >= 0.3 is 11.8 Å². The monoisotopic (exact) mass is 382 g/mol. The fourth-order valence-electron chi connectivity index (χ4n) is 2.26. The first-order chi connectivity index (χ1) is 13.1. The van der Waals surface area contributed by atoms with Gasteiger partial charge in [-0.15, -0.1) is 0 Å². The Morgan fingerprint density at radius 2 is 2.07 bits per heavy atom. The Balaban J connectivity index is 1.74. The van der Waals surface area contributed by atoms with E-state index in [-0.39, 0.29) is 5.76 Å². The summed E-state index contributed by atoms with van der Waals surface area (Å²) in [5, 5.41) is 16.3. The van der Waals surface area contributed by atoms with Crippen LogP contribution in [0, 0.1) is 10.1 Å². The van der Waals surface area contributed by atoms with E-state index in [0.29, 0.717) is 16.4 Å². The Kier molecular flexibility index (Phi) is 4.22. The normalized spacial score (nSPS) is 11.3. The molecule has 1 aromatic carbocycles. The average Bonchev–Trinajstić information content (AvgIpc) is 3.41. The number of benzene rings is 1. The maximum atomic E-state index is 12.8. The maximum Gasteiger partial charge on any atom is 0.433 e. The minimum atomic E-state index is -0.717. The van der Waals surface area contributed by atoms with Crippen molar-refractivity contribution in [2.75, 3.05) is 5.01 Å². The van der Waals surface area contributed by atoms with Gasteiger partial charge in [0.1, 0.15) is 10.7 Å². The quantitative estimate of drug-likeness (QED) is 0.292. The molecule has 1 amide bonds. The molecule has 0 saturated carbocycles. The first-order valence-electron chi connectivity index (χ1n) is 7.63. The van der Waals surface area contributed by atoms with Crippen molar-refractivity contribution in [2.45, 2.75) is 0 Å². The number of anilines is 1. The topological polar surface area (TPSA) is 115 Å². The van der Waals surface area contributed by atoms with Gasteiger partial charge in [0.25, 0.3) is 0 Å². The van der Waals surface area contributed by atoms with Crippen molar-refractivity contribution in [2.24, 2.45) is 5.10 Å². The molecule has 4 rings (SSSR count). The Hall–Kier alpha value is -3.79. The second-order valence-corrected chi connectivity index (χ2v) is 6.25. The minimum Gasteiger partial charge on any atom is -0.463 e. The van der Waals surface area contributed by atoms with Crippen LogP contribution in [0.2, 0.25) is 0 Å². The van der Waals surface area contributed by atoms with E-state index < -0.39 is 16.7 Å². The number of hydrogen-bond acceptors (Lipinski definition) is 8. The number of thiazole rings is 1. The van der Waals surface area contributed by atoms with Crippen molar-refractivity contribution < 1.29 is 18.6 Å². The van der Waals surface area contributed by atoms with Gasteiger partial charge in [-0.2, -0.15) is 10.1 Å². The zero-order valence-corrected chi connectivity index (χ0v) is 14.3. The smallest absolute Gasteiger partial charge is 0.433 e. The van der Waals surface area contributed by atoms with Crippen LogP contribution in [-0.2, 0) is 0 Å². The average molecular weight is 382 g/mol. The maximum absolute atomic E-state index is 12.8. The van der Waals surface area contributed by atoms with Crippen LogP contribution in [-0.4, -0.2) is 22.0 Å². The van der Waals surface area contributed by atoms with E-state index in [9.17, 15) is 14.9 Å². The molecule has 9 nitrogen and oxygen atoms in total. The molecule has 0 spiro atoms. The molecule has 0 saturated heterocycles. The highest BCUT2D eigenvalue weighted by Crippen LogP contribution is 2.30. The largest absolute Gasteiger partial charge is 0.463 e. The highest BCUT2D eigenvalue weighted by atomic mass is 32.1. The lowest BCUT2D eigenvalue weighted by Crippen LogP contribution is -2.25. The lowest BCUT2D eigenvalue weighted by molar-refractivity contribution is -0.402. The summed E-state index contributed by atoms with van der Waals surface area (Å²) >= 11 is 1.25. The van der Waals surface area contributed by atoms with E-state index in [1.54, 1.807) is 12.1 Å². The van der Waals surface area contributed by atoms with Crippen LogP contribution in [0.3, 0.4) is 0 Å². The highest BCUT2D eigenvalue weighted by Gasteiger charge is 2.26. The predicted molar refractivity (Wildman–Crippen MR) is 98.1 cm³/mol. The van der Waals surface area contributed by atoms with E-state index in [1.807, 2.05) is 24.3 Å². The van der Waals surface area contributed by atoms with Crippen LogP contribution < -0.4 is 5.01 Å². The number of fused-ring (bicyclic) bond motifs is 1. The molecule has 27 heavy (non-hydrogen) atoms. The molecule has 0 radical (unpaired) electrons. The molecule has 0 atom stereocenters. The molecular weight excluding hydrogens is 372 g/mol. The number of hydrazone groups is 1. The number of carbonyl (C=O) groups excluding carboxylic acids is 1. The van der Waals surface area contributed by atoms with Crippen molar-refractivity contribution in [1.82, 2.24) is 4.98 Å². The fourth-order valence-corrected chi connectivity index (χ4v) is 3.19. The number of amides is 1. The molecule has 4 aromatic rings. The molecule has 0 aliphatic rings. The van der Waals surface area contributed by atoms with Gasteiger partial charge in [0.2, 0.25) is 10.9 Å². The number of nitrogens with zero attached hydrogens (tertiary/aromatic N) is 4. The standard InChI is InChI=1S/C17H10N4O5S/c22-16(13-7-8-15(26-13)21(23)24)20(18-10-11-4-3-9-25-11)17-19-12-5-1-2-6-14(12)27-17/h1-10H/b18-10+. The fraction of sp³-hybridized carbons (Fsp3) is 0. The summed E-state index contributed by atoms with van der Waals surface area (Å²) in [5.74, 6) is -1.01. The van der Waals surface area contributed by atoms with Gasteiger partial charge in [0.05, 0.1) is 28.8 Å². The van der Waals surface area contributed by atoms with Crippen molar-refractivity contribution >= 4 is 44.7 Å². The summed E-state index contributed by atoms with van der Waals surface area (Å²) < 4.78 is 11.1. The molecule has 0 aliphatic heterocycles. The molecule has 0 aliphatic carbocycles. The Labute approximate surface area is 155 Å². The van der Waals surface area contributed by atoms with Crippen LogP contribution >= 0.6 is 11.3 Å². The number of aromatic nitrogens is 1. The Morgan fingerprint density at radius 3 is 2.78 bits per heavy atom. The van der Waals surface area contributed by atoms with Gasteiger partial charge in [0, 0.05) is 0 Å². The molecular formula is C17H10N4O5S. The molecule has 0 N–H and O–H groups in total. The summed E-state index contributed by atoms with van der Waals surface area (Å²) in [6.07, 6.45) is 2.82. The van der Waals surface area contributed by atoms with Gasteiger partial charge in [0.15, 0.2) is 0 Å². The third-order valence-corrected chi connectivity index (χ3v) is 4.49. The van der Waals surface area contributed by atoms with Crippen molar-refractivity contribution in [3.63, 3.8) is 0 Å². The van der Waals surface area contributed by atoms with Gasteiger partial charge < -0.3 is 8.83 Å². The van der Waals surface area contributed by atoms with Crippen LogP contribution in [0.5, 0.6) is 0 Å². The Morgan fingerprint density at radius 1 is 1.22 bits per heavy atom.